The minimum Gasteiger partial charge on any atom is -0.494 e. The highest BCUT2D eigenvalue weighted by atomic mass is 35.5. The fraction of sp³-hybridized carbons (Fsp3) is 0.417. The van der Waals surface area contributed by atoms with Gasteiger partial charge in [0.2, 0.25) is 0 Å². The summed E-state index contributed by atoms with van der Waals surface area (Å²) >= 11 is 5.86. The van der Waals surface area contributed by atoms with E-state index in [2.05, 4.69) is 6.92 Å². The molecule has 0 atom stereocenters. The highest BCUT2D eigenvalue weighted by molar-refractivity contribution is 6.33. The van der Waals surface area contributed by atoms with Gasteiger partial charge in [0, 0.05) is 5.56 Å². The largest absolute Gasteiger partial charge is 0.494 e. The first kappa shape index (κ1) is 12.1. The van der Waals surface area contributed by atoms with Crippen LogP contribution in [-0.2, 0) is 0 Å². The maximum absolute atomic E-state index is 10.5. The van der Waals surface area contributed by atoms with Crippen molar-refractivity contribution < 1.29 is 9.53 Å². The third-order valence-electron chi connectivity index (χ3n) is 2.12. The molecule has 0 saturated carbocycles. The Bertz CT molecular complexity index is 323. The van der Waals surface area contributed by atoms with Crippen molar-refractivity contribution in [3.8, 4) is 5.75 Å². The van der Waals surface area contributed by atoms with Crippen molar-refractivity contribution in [1.29, 1.82) is 0 Å². The van der Waals surface area contributed by atoms with Crippen molar-refractivity contribution in [1.82, 2.24) is 0 Å². The molecule has 2 nitrogen and oxygen atoms in total. The minimum atomic E-state index is 0.443. The summed E-state index contributed by atoms with van der Waals surface area (Å²) in [6.07, 6.45) is 4.13. The van der Waals surface area contributed by atoms with E-state index in [-0.39, 0.29) is 0 Å². The van der Waals surface area contributed by atoms with E-state index in [1.54, 1.807) is 18.2 Å². The second-order valence-electron chi connectivity index (χ2n) is 3.36. The number of hydrogen-bond acceptors (Lipinski definition) is 2. The van der Waals surface area contributed by atoms with E-state index in [1.165, 1.54) is 12.8 Å². The fourth-order valence-electron chi connectivity index (χ4n) is 1.24. The lowest BCUT2D eigenvalue weighted by molar-refractivity contribution is 0.112. The zero-order valence-corrected chi connectivity index (χ0v) is 9.59. The van der Waals surface area contributed by atoms with E-state index < -0.39 is 0 Å². The second-order valence-corrected chi connectivity index (χ2v) is 3.76. The summed E-state index contributed by atoms with van der Waals surface area (Å²) in [5.41, 5.74) is 0.498. The van der Waals surface area contributed by atoms with Crippen LogP contribution in [0.4, 0.5) is 0 Å². The van der Waals surface area contributed by atoms with Crippen LogP contribution in [-0.4, -0.2) is 12.9 Å². The lowest BCUT2D eigenvalue weighted by atomic mass is 10.2. The van der Waals surface area contributed by atoms with Gasteiger partial charge in [-0.3, -0.25) is 4.79 Å². The summed E-state index contributed by atoms with van der Waals surface area (Å²) in [7, 11) is 0. The standard InChI is InChI=1S/C12H15ClO2/c1-2-3-4-7-15-11-6-5-10(9-14)12(13)8-11/h5-6,8-9H,2-4,7H2,1H3. The first-order chi connectivity index (χ1) is 7.27. The molecule has 0 bridgehead atoms. The monoisotopic (exact) mass is 226 g/mol. The second kappa shape index (κ2) is 6.46. The molecule has 1 rings (SSSR count). The number of aldehydes is 1. The van der Waals surface area contributed by atoms with Gasteiger partial charge in [-0.15, -0.1) is 0 Å². The normalized spacial score (nSPS) is 10.0. The molecule has 1 aromatic rings. The van der Waals surface area contributed by atoms with Gasteiger partial charge in [-0.2, -0.15) is 0 Å². The molecule has 3 heteroatoms. The topological polar surface area (TPSA) is 26.3 Å². The molecule has 0 unspecified atom stereocenters. The van der Waals surface area contributed by atoms with Gasteiger partial charge in [0.05, 0.1) is 11.6 Å². The van der Waals surface area contributed by atoms with Crippen LogP contribution in [0.3, 0.4) is 0 Å². The molecular weight excluding hydrogens is 212 g/mol. The highest BCUT2D eigenvalue weighted by Crippen LogP contribution is 2.21. The summed E-state index contributed by atoms with van der Waals surface area (Å²) in [6, 6.07) is 5.11. The van der Waals surface area contributed by atoms with Crippen LogP contribution in [0.5, 0.6) is 5.75 Å². The van der Waals surface area contributed by atoms with Gasteiger partial charge in [-0.05, 0) is 24.6 Å². The molecule has 1 aromatic carbocycles. The zero-order chi connectivity index (χ0) is 11.1. The lowest BCUT2D eigenvalue weighted by Gasteiger charge is -2.06. The van der Waals surface area contributed by atoms with Gasteiger partial charge >= 0.3 is 0 Å². The number of carbonyl (C=O) groups is 1. The van der Waals surface area contributed by atoms with Gasteiger partial charge in [0.15, 0.2) is 6.29 Å². The van der Waals surface area contributed by atoms with Crippen LogP contribution in [0.1, 0.15) is 36.5 Å². The van der Waals surface area contributed by atoms with Gasteiger partial charge < -0.3 is 4.74 Å². The summed E-state index contributed by atoms with van der Waals surface area (Å²) in [5, 5.41) is 0.443. The molecule has 0 radical (unpaired) electrons. The Morgan fingerprint density at radius 3 is 2.80 bits per heavy atom. The fourth-order valence-corrected chi connectivity index (χ4v) is 1.45. The molecule has 15 heavy (non-hydrogen) atoms. The number of hydrogen-bond donors (Lipinski definition) is 0. The van der Waals surface area contributed by atoms with Gasteiger partial charge in [-0.25, -0.2) is 0 Å². The first-order valence-corrected chi connectivity index (χ1v) is 5.53. The average Bonchev–Trinajstić information content (AvgIpc) is 2.25. The lowest BCUT2D eigenvalue weighted by Crippen LogP contribution is -1.97. The molecule has 0 N–H and O–H groups in total. The maximum Gasteiger partial charge on any atom is 0.151 e. The predicted octanol–water partition coefficient (Wildman–Crippen LogP) is 3.72. The van der Waals surface area contributed by atoms with Crippen LogP contribution in [0.2, 0.25) is 5.02 Å². The molecule has 0 fully saturated rings. The predicted molar refractivity (Wildman–Crippen MR) is 61.9 cm³/mol. The SMILES string of the molecule is CCCCCOc1ccc(C=O)c(Cl)c1. The van der Waals surface area contributed by atoms with E-state index >= 15 is 0 Å². The minimum absolute atomic E-state index is 0.443. The Labute approximate surface area is 95.2 Å². The zero-order valence-electron chi connectivity index (χ0n) is 8.83. The number of benzene rings is 1. The van der Waals surface area contributed by atoms with Crippen molar-refractivity contribution in [2.75, 3.05) is 6.61 Å². The smallest absolute Gasteiger partial charge is 0.151 e. The van der Waals surface area contributed by atoms with Crippen molar-refractivity contribution in [2.24, 2.45) is 0 Å². The van der Waals surface area contributed by atoms with E-state index in [9.17, 15) is 4.79 Å². The van der Waals surface area contributed by atoms with E-state index in [1.807, 2.05) is 0 Å². The Morgan fingerprint density at radius 2 is 2.20 bits per heavy atom. The van der Waals surface area contributed by atoms with E-state index in [4.69, 9.17) is 16.3 Å². The van der Waals surface area contributed by atoms with Gasteiger partial charge in [0.1, 0.15) is 5.75 Å². The van der Waals surface area contributed by atoms with Gasteiger partial charge in [0.25, 0.3) is 0 Å². The number of unbranched alkanes of at least 4 members (excludes halogenated alkanes) is 2. The Balaban J connectivity index is 2.48. The first-order valence-electron chi connectivity index (χ1n) is 5.15. The number of halogens is 1. The molecule has 0 saturated heterocycles. The third-order valence-corrected chi connectivity index (χ3v) is 2.44. The summed E-state index contributed by atoms with van der Waals surface area (Å²) in [6.45, 7) is 2.85. The van der Waals surface area contributed by atoms with E-state index in [0.717, 1.165) is 18.5 Å². The van der Waals surface area contributed by atoms with Crippen molar-refractivity contribution in [3.05, 3.63) is 28.8 Å². The molecule has 0 spiro atoms. The van der Waals surface area contributed by atoms with Crippen LogP contribution in [0.25, 0.3) is 0 Å². The number of carbonyl (C=O) groups excluding carboxylic acids is 1. The summed E-state index contributed by atoms with van der Waals surface area (Å²) < 4.78 is 5.49. The molecule has 0 aromatic heterocycles. The number of rotatable bonds is 6. The third kappa shape index (κ3) is 3.92. The molecule has 0 aliphatic carbocycles. The molecule has 82 valence electrons. The van der Waals surface area contributed by atoms with E-state index in [0.29, 0.717) is 17.2 Å². The van der Waals surface area contributed by atoms with Crippen molar-refractivity contribution in [3.63, 3.8) is 0 Å². The van der Waals surface area contributed by atoms with Crippen molar-refractivity contribution >= 4 is 17.9 Å². The van der Waals surface area contributed by atoms with Gasteiger partial charge in [-0.1, -0.05) is 31.4 Å². The Kier molecular flexibility index (Phi) is 5.19. The highest BCUT2D eigenvalue weighted by Gasteiger charge is 2.01. The van der Waals surface area contributed by atoms with Crippen LogP contribution in [0, 0.1) is 0 Å². The Hall–Kier alpha value is -1.02. The summed E-state index contributed by atoms with van der Waals surface area (Å²) in [5.74, 6) is 0.724. The van der Waals surface area contributed by atoms with Crippen LogP contribution in [0.15, 0.2) is 18.2 Å². The van der Waals surface area contributed by atoms with Crippen LogP contribution >= 0.6 is 11.6 Å². The summed E-state index contributed by atoms with van der Waals surface area (Å²) in [4.78, 5) is 10.5. The van der Waals surface area contributed by atoms with Crippen molar-refractivity contribution in [2.45, 2.75) is 26.2 Å². The molecule has 0 aliphatic heterocycles. The molecule has 0 amide bonds. The molecule has 0 heterocycles. The maximum atomic E-state index is 10.5. The molecular formula is C12H15ClO2. The number of ether oxygens (including phenoxy) is 1. The molecule has 0 aliphatic rings. The quantitative estimate of drug-likeness (QED) is 0.546. The van der Waals surface area contributed by atoms with Crippen LogP contribution < -0.4 is 4.74 Å². The average molecular weight is 227 g/mol. The Morgan fingerprint density at radius 1 is 1.40 bits per heavy atom.